The van der Waals surface area contributed by atoms with E-state index >= 15 is 0 Å². The lowest BCUT2D eigenvalue weighted by molar-refractivity contribution is -0.137. The van der Waals surface area contributed by atoms with Gasteiger partial charge in [0.2, 0.25) is 0 Å². The van der Waals surface area contributed by atoms with Gasteiger partial charge >= 0.3 is 12.1 Å². The highest BCUT2D eigenvalue weighted by Gasteiger charge is 2.32. The van der Waals surface area contributed by atoms with Gasteiger partial charge in [-0.05, 0) is 30.3 Å². The van der Waals surface area contributed by atoms with Gasteiger partial charge in [-0.15, -0.1) is 0 Å². The molecule has 0 aliphatic heterocycles. The summed E-state index contributed by atoms with van der Waals surface area (Å²) in [7, 11) is -4.41. The second kappa shape index (κ2) is 6.29. The Morgan fingerprint density at radius 1 is 1.25 bits per heavy atom. The van der Waals surface area contributed by atoms with Crippen LogP contribution in [-0.2, 0) is 16.2 Å². The molecule has 0 spiro atoms. The Kier molecular flexibility index (Phi) is 4.72. The van der Waals surface area contributed by atoms with Crippen LogP contribution in [0.15, 0.2) is 41.4 Å². The molecule has 0 atom stereocenters. The average Bonchev–Trinajstić information content (AvgIpc) is 2.45. The molecule has 128 valence electrons. The summed E-state index contributed by atoms with van der Waals surface area (Å²) in [4.78, 5) is 13.9. The molecule has 0 saturated heterocycles. The third kappa shape index (κ3) is 3.77. The van der Waals surface area contributed by atoms with Gasteiger partial charge in [0.15, 0.2) is 5.69 Å². The largest absolute Gasteiger partial charge is 0.476 e. The summed E-state index contributed by atoms with van der Waals surface area (Å²) >= 11 is 5.64. The number of hydrogen-bond acceptors (Lipinski definition) is 4. The fourth-order valence-electron chi connectivity index (χ4n) is 1.75. The summed E-state index contributed by atoms with van der Waals surface area (Å²) < 4.78 is 64.2. The Hall–Kier alpha value is -2.33. The van der Waals surface area contributed by atoms with Gasteiger partial charge in [0.25, 0.3) is 10.0 Å². The normalized spacial score (nSPS) is 12.0. The van der Waals surface area contributed by atoms with Crippen molar-refractivity contribution in [3.8, 4) is 0 Å². The van der Waals surface area contributed by atoms with E-state index < -0.39 is 43.3 Å². The van der Waals surface area contributed by atoms with E-state index in [4.69, 9.17) is 16.7 Å². The van der Waals surface area contributed by atoms with Crippen molar-refractivity contribution in [3.63, 3.8) is 0 Å². The zero-order chi connectivity index (χ0) is 18.1. The van der Waals surface area contributed by atoms with Crippen molar-refractivity contribution in [2.24, 2.45) is 0 Å². The number of nitrogens with zero attached hydrogens (tertiary/aromatic N) is 1. The van der Waals surface area contributed by atoms with E-state index in [1.165, 1.54) is 6.07 Å². The molecule has 2 rings (SSSR count). The zero-order valence-electron chi connectivity index (χ0n) is 11.5. The van der Waals surface area contributed by atoms with Crippen LogP contribution in [-0.4, -0.2) is 24.5 Å². The van der Waals surface area contributed by atoms with E-state index in [9.17, 15) is 26.4 Å². The van der Waals surface area contributed by atoms with Gasteiger partial charge < -0.3 is 5.11 Å². The first kappa shape index (κ1) is 18.0. The number of sulfonamides is 1. The number of carboxylic acids is 1. The molecular formula is C13H8ClF3N2O4S. The van der Waals surface area contributed by atoms with Crippen LogP contribution in [0.2, 0.25) is 5.02 Å². The minimum Gasteiger partial charge on any atom is -0.476 e. The van der Waals surface area contributed by atoms with Gasteiger partial charge in [-0.2, -0.15) is 13.2 Å². The molecule has 0 saturated carbocycles. The Labute approximate surface area is 139 Å². The van der Waals surface area contributed by atoms with Gasteiger partial charge in [0.1, 0.15) is 4.90 Å². The minimum atomic E-state index is -4.68. The molecule has 0 radical (unpaired) electrons. The van der Waals surface area contributed by atoms with Gasteiger partial charge in [-0.25, -0.2) is 18.2 Å². The molecule has 0 aliphatic carbocycles. The summed E-state index contributed by atoms with van der Waals surface area (Å²) in [5.41, 5.74) is -2.02. The van der Waals surface area contributed by atoms with Crippen molar-refractivity contribution in [1.29, 1.82) is 0 Å². The fraction of sp³-hybridized carbons (Fsp3) is 0.0769. The Morgan fingerprint density at radius 2 is 1.92 bits per heavy atom. The number of pyridine rings is 1. The van der Waals surface area contributed by atoms with Crippen molar-refractivity contribution < 1.29 is 31.5 Å². The van der Waals surface area contributed by atoms with Crippen LogP contribution in [0.3, 0.4) is 0 Å². The number of benzene rings is 1. The number of nitrogens with one attached hydrogen (secondary N) is 1. The predicted octanol–water partition coefficient (Wildman–Crippen LogP) is 3.25. The van der Waals surface area contributed by atoms with Gasteiger partial charge in [-0.3, -0.25) is 4.72 Å². The second-order valence-electron chi connectivity index (χ2n) is 4.45. The lowest BCUT2D eigenvalue weighted by Crippen LogP contribution is -2.17. The molecule has 1 aromatic heterocycles. The number of anilines is 1. The number of aromatic nitrogens is 1. The Balaban J connectivity index is 2.44. The van der Waals surface area contributed by atoms with Crippen LogP contribution in [0.4, 0.5) is 18.9 Å². The van der Waals surface area contributed by atoms with Crippen molar-refractivity contribution in [3.05, 3.63) is 52.8 Å². The third-order valence-electron chi connectivity index (χ3n) is 2.80. The number of aromatic carboxylic acids is 1. The predicted molar refractivity (Wildman–Crippen MR) is 78.5 cm³/mol. The molecular weight excluding hydrogens is 373 g/mol. The lowest BCUT2D eigenvalue weighted by atomic mass is 10.2. The van der Waals surface area contributed by atoms with Gasteiger partial charge in [-0.1, -0.05) is 11.6 Å². The minimum absolute atomic E-state index is 0.346. The number of hydrogen-bond donors (Lipinski definition) is 2. The Morgan fingerprint density at radius 3 is 2.46 bits per heavy atom. The number of rotatable bonds is 4. The summed E-state index contributed by atoms with van der Waals surface area (Å²) in [5.74, 6) is -1.48. The molecule has 1 aromatic carbocycles. The maximum atomic E-state index is 12.6. The van der Waals surface area contributed by atoms with Crippen LogP contribution in [0, 0.1) is 0 Å². The molecule has 0 fully saturated rings. The van der Waals surface area contributed by atoms with E-state index in [2.05, 4.69) is 4.98 Å². The highest BCUT2D eigenvalue weighted by molar-refractivity contribution is 7.92. The fourth-order valence-corrected chi connectivity index (χ4v) is 3.37. The third-order valence-corrected chi connectivity index (χ3v) is 4.65. The summed E-state index contributed by atoms with van der Waals surface area (Å²) in [6.07, 6.45) is -3.54. The topological polar surface area (TPSA) is 96.4 Å². The van der Waals surface area contributed by atoms with E-state index in [1.54, 1.807) is 0 Å². The molecule has 0 aliphatic rings. The van der Waals surface area contributed by atoms with Crippen LogP contribution >= 0.6 is 11.6 Å². The lowest BCUT2D eigenvalue weighted by Gasteiger charge is -2.13. The molecule has 0 bridgehead atoms. The standard InChI is InChI=1S/C13H8ClF3N2O4S/c14-8-6-7(13(15,16)17)3-4-10(8)24(22,23)19-9-2-1-5-18-11(9)12(20)21/h1-6,19H,(H,20,21). The highest BCUT2D eigenvalue weighted by Crippen LogP contribution is 2.34. The van der Waals surface area contributed by atoms with E-state index in [0.29, 0.717) is 18.2 Å². The molecule has 0 amide bonds. The van der Waals surface area contributed by atoms with Crippen LogP contribution in [0.5, 0.6) is 0 Å². The number of carboxylic acid groups (broad SMARTS) is 1. The molecule has 2 N–H and O–H groups in total. The SMILES string of the molecule is O=C(O)c1ncccc1NS(=O)(=O)c1ccc(C(F)(F)F)cc1Cl. The van der Waals surface area contributed by atoms with Crippen LogP contribution in [0.25, 0.3) is 0 Å². The van der Waals surface area contributed by atoms with Gasteiger partial charge in [0.05, 0.1) is 16.3 Å². The van der Waals surface area contributed by atoms with Crippen molar-refractivity contribution >= 4 is 33.3 Å². The number of carbonyl (C=O) groups is 1. The molecule has 24 heavy (non-hydrogen) atoms. The quantitative estimate of drug-likeness (QED) is 0.848. The molecule has 2 aromatic rings. The number of alkyl halides is 3. The van der Waals surface area contributed by atoms with Crippen LogP contribution in [0.1, 0.15) is 16.1 Å². The zero-order valence-corrected chi connectivity index (χ0v) is 13.1. The summed E-state index contributed by atoms with van der Waals surface area (Å²) in [5, 5.41) is 8.31. The first-order valence-electron chi connectivity index (χ1n) is 6.10. The molecule has 11 heteroatoms. The van der Waals surface area contributed by atoms with E-state index in [-0.39, 0.29) is 5.69 Å². The maximum Gasteiger partial charge on any atom is 0.416 e. The summed E-state index contributed by atoms with van der Waals surface area (Å²) in [6.45, 7) is 0. The highest BCUT2D eigenvalue weighted by atomic mass is 35.5. The first-order valence-corrected chi connectivity index (χ1v) is 7.96. The smallest absolute Gasteiger partial charge is 0.416 e. The molecule has 6 nitrogen and oxygen atoms in total. The maximum absolute atomic E-state index is 12.6. The summed E-state index contributed by atoms with van der Waals surface area (Å²) in [6, 6.07) is 4.15. The van der Waals surface area contributed by atoms with E-state index in [1.807, 2.05) is 4.72 Å². The Bertz CT molecular complexity index is 900. The second-order valence-corrected chi connectivity index (χ2v) is 6.51. The van der Waals surface area contributed by atoms with Crippen molar-refractivity contribution in [2.45, 2.75) is 11.1 Å². The van der Waals surface area contributed by atoms with Crippen molar-refractivity contribution in [1.82, 2.24) is 4.98 Å². The van der Waals surface area contributed by atoms with E-state index in [0.717, 1.165) is 12.3 Å². The first-order chi connectivity index (χ1) is 11.0. The average molecular weight is 381 g/mol. The monoisotopic (exact) mass is 380 g/mol. The number of halogens is 4. The molecule has 1 heterocycles. The van der Waals surface area contributed by atoms with Crippen molar-refractivity contribution in [2.75, 3.05) is 4.72 Å². The molecule has 0 unspecified atom stereocenters. The van der Waals surface area contributed by atoms with Crippen LogP contribution < -0.4 is 4.72 Å². The van der Waals surface area contributed by atoms with Gasteiger partial charge in [0, 0.05) is 6.20 Å².